The molecule has 2 aromatic carbocycles. The van der Waals surface area contributed by atoms with E-state index in [1.807, 2.05) is 85.0 Å². The van der Waals surface area contributed by atoms with Gasteiger partial charge >= 0.3 is 0 Å². The zero-order chi connectivity index (χ0) is 16.9. The summed E-state index contributed by atoms with van der Waals surface area (Å²) in [4.78, 5) is 8.81. The van der Waals surface area contributed by atoms with Crippen molar-refractivity contribution < 1.29 is 8.83 Å². The lowest BCUT2D eigenvalue weighted by Gasteiger charge is -1.84. The van der Waals surface area contributed by atoms with Gasteiger partial charge in [-0.25, -0.2) is 9.97 Å². The fraction of sp³-hybridized carbons (Fsp3) is 0.0476. The van der Waals surface area contributed by atoms with Crippen LogP contribution >= 0.6 is 0 Å². The lowest BCUT2D eigenvalue weighted by Crippen LogP contribution is -1.78. The topological polar surface area (TPSA) is 52.1 Å². The van der Waals surface area contributed by atoms with E-state index in [1.165, 1.54) is 0 Å². The van der Waals surface area contributed by atoms with Crippen LogP contribution < -0.4 is 0 Å². The number of benzene rings is 2. The fourth-order valence-corrected chi connectivity index (χ4v) is 2.48. The van der Waals surface area contributed by atoms with Crippen molar-refractivity contribution in [3.8, 4) is 0 Å². The Balaban J connectivity index is 1.33. The molecule has 122 valence electrons. The highest BCUT2D eigenvalue weighted by Gasteiger charge is 2.02. The standard InChI is InChI=1S/C21H16N2O2/c1(2-4-14-20-22-16-10-6-8-12-18(16)24-20)3-5-15-21-23-17-11-7-9-13-19(17)25-21/h1-14H,15H2. The molecule has 0 atom stereocenters. The summed E-state index contributed by atoms with van der Waals surface area (Å²) in [5.74, 6) is 1.31. The third-order valence-electron chi connectivity index (χ3n) is 3.65. The summed E-state index contributed by atoms with van der Waals surface area (Å²) < 4.78 is 11.3. The molecule has 4 rings (SSSR count). The molecule has 0 fully saturated rings. The number of rotatable bonds is 5. The lowest BCUT2D eigenvalue weighted by molar-refractivity contribution is 0.547. The van der Waals surface area contributed by atoms with Gasteiger partial charge in [0.05, 0.1) is 0 Å². The van der Waals surface area contributed by atoms with Gasteiger partial charge in [-0.05, 0) is 24.3 Å². The Morgan fingerprint density at radius 1 is 0.720 bits per heavy atom. The number of para-hydroxylation sites is 4. The predicted octanol–water partition coefficient (Wildman–Crippen LogP) is 5.34. The van der Waals surface area contributed by atoms with Crippen LogP contribution in [0.3, 0.4) is 0 Å². The third kappa shape index (κ3) is 3.58. The van der Waals surface area contributed by atoms with Gasteiger partial charge in [0.15, 0.2) is 17.1 Å². The highest BCUT2D eigenvalue weighted by atomic mass is 16.4. The van der Waals surface area contributed by atoms with E-state index in [1.54, 1.807) is 0 Å². The van der Waals surface area contributed by atoms with Crippen molar-refractivity contribution in [2.75, 3.05) is 0 Å². The molecular weight excluding hydrogens is 312 g/mol. The summed E-state index contributed by atoms with van der Waals surface area (Å²) in [7, 11) is 0. The molecule has 0 saturated carbocycles. The van der Waals surface area contributed by atoms with Crippen LogP contribution in [-0.2, 0) is 6.42 Å². The van der Waals surface area contributed by atoms with Crippen LogP contribution in [0.2, 0.25) is 0 Å². The molecule has 0 bridgehead atoms. The van der Waals surface area contributed by atoms with E-state index in [9.17, 15) is 0 Å². The zero-order valence-electron chi connectivity index (χ0n) is 13.5. The molecule has 2 heterocycles. The van der Waals surface area contributed by atoms with E-state index in [4.69, 9.17) is 8.83 Å². The van der Waals surface area contributed by atoms with E-state index >= 15 is 0 Å². The summed E-state index contributed by atoms with van der Waals surface area (Å²) >= 11 is 0. The molecule has 0 radical (unpaired) electrons. The van der Waals surface area contributed by atoms with Crippen LogP contribution in [-0.4, -0.2) is 9.97 Å². The largest absolute Gasteiger partial charge is 0.440 e. The number of allylic oxidation sites excluding steroid dienone is 5. The van der Waals surface area contributed by atoms with Crippen LogP contribution in [0.4, 0.5) is 0 Å². The van der Waals surface area contributed by atoms with Gasteiger partial charge in [-0.2, -0.15) is 0 Å². The Morgan fingerprint density at radius 2 is 1.40 bits per heavy atom. The van der Waals surface area contributed by atoms with Crippen molar-refractivity contribution in [2.24, 2.45) is 0 Å². The van der Waals surface area contributed by atoms with Gasteiger partial charge in [-0.1, -0.05) is 54.6 Å². The Bertz CT molecular complexity index is 1020. The number of hydrogen-bond acceptors (Lipinski definition) is 4. The van der Waals surface area contributed by atoms with Crippen LogP contribution in [0.15, 0.2) is 87.7 Å². The van der Waals surface area contributed by atoms with Crippen molar-refractivity contribution in [1.29, 1.82) is 0 Å². The molecule has 0 aliphatic rings. The minimum atomic E-state index is 0.598. The normalized spacial score (nSPS) is 12.5. The molecule has 25 heavy (non-hydrogen) atoms. The van der Waals surface area contributed by atoms with Crippen molar-refractivity contribution in [3.05, 3.63) is 90.7 Å². The highest BCUT2D eigenvalue weighted by molar-refractivity contribution is 5.73. The smallest absolute Gasteiger partial charge is 0.219 e. The molecule has 0 amide bonds. The maximum absolute atomic E-state index is 5.66. The Morgan fingerprint density at radius 3 is 2.16 bits per heavy atom. The van der Waals surface area contributed by atoms with Crippen LogP contribution in [0.5, 0.6) is 0 Å². The average Bonchev–Trinajstić information content (AvgIpc) is 3.23. The first-order valence-electron chi connectivity index (χ1n) is 8.08. The molecular formula is C21H16N2O2. The number of fused-ring (bicyclic) bond motifs is 2. The summed E-state index contributed by atoms with van der Waals surface area (Å²) in [6.45, 7) is 0. The average molecular weight is 328 g/mol. The minimum Gasteiger partial charge on any atom is -0.440 e. The summed E-state index contributed by atoms with van der Waals surface area (Å²) in [5, 5.41) is 0. The summed E-state index contributed by atoms with van der Waals surface area (Å²) in [6.07, 6.45) is 12.2. The van der Waals surface area contributed by atoms with Gasteiger partial charge < -0.3 is 8.83 Å². The van der Waals surface area contributed by atoms with Crippen LogP contribution in [0, 0.1) is 0 Å². The SMILES string of the molecule is C(=CC=Cc1nc2ccccc2o1)C=CCc1nc2ccccc2o1. The Hall–Kier alpha value is -3.40. The van der Waals surface area contributed by atoms with Gasteiger partial charge in [0.2, 0.25) is 5.89 Å². The molecule has 0 aliphatic heterocycles. The molecule has 2 aromatic heterocycles. The molecule has 0 aliphatic carbocycles. The molecule has 0 N–H and O–H groups in total. The summed E-state index contributed by atoms with van der Waals surface area (Å²) in [5.41, 5.74) is 3.37. The monoisotopic (exact) mass is 328 g/mol. The first-order valence-corrected chi connectivity index (χ1v) is 8.08. The second-order valence-electron chi connectivity index (χ2n) is 5.47. The summed E-state index contributed by atoms with van der Waals surface area (Å²) in [6, 6.07) is 15.5. The van der Waals surface area contributed by atoms with Gasteiger partial charge in [0.25, 0.3) is 0 Å². The number of hydrogen-bond donors (Lipinski definition) is 0. The molecule has 4 heteroatoms. The van der Waals surface area contributed by atoms with Gasteiger partial charge in [0, 0.05) is 12.5 Å². The Kier molecular flexibility index (Phi) is 4.25. The lowest BCUT2D eigenvalue weighted by atomic mass is 10.3. The van der Waals surface area contributed by atoms with E-state index in [-0.39, 0.29) is 0 Å². The first kappa shape index (κ1) is 15.1. The van der Waals surface area contributed by atoms with E-state index in [2.05, 4.69) is 9.97 Å². The quantitative estimate of drug-likeness (QED) is 0.464. The van der Waals surface area contributed by atoms with E-state index in [0.717, 1.165) is 22.2 Å². The number of aromatic nitrogens is 2. The van der Waals surface area contributed by atoms with Gasteiger partial charge in [0.1, 0.15) is 11.0 Å². The molecule has 0 saturated heterocycles. The maximum Gasteiger partial charge on any atom is 0.219 e. The molecule has 4 nitrogen and oxygen atoms in total. The van der Waals surface area contributed by atoms with Crippen molar-refractivity contribution in [3.63, 3.8) is 0 Å². The maximum atomic E-state index is 5.66. The highest BCUT2D eigenvalue weighted by Crippen LogP contribution is 2.16. The molecule has 0 spiro atoms. The van der Waals surface area contributed by atoms with E-state index < -0.39 is 0 Å². The van der Waals surface area contributed by atoms with Gasteiger partial charge in [-0.15, -0.1) is 0 Å². The van der Waals surface area contributed by atoms with Crippen molar-refractivity contribution in [1.82, 2.24) is 9.97 Å². The Labute approximate surface area is 144 Å². The first-order chi connectivity index (χ1) is 12.4. The number of nitrogens with zero attached hydrogens (tertiary/aromatic N) is 2. The van der Waals surface area contributed by atoms with Gasteiger partial charge in [-0.3, -0.25) is 0 Å². The second-order valence-corrected chi connectivity index (χ2v) is 5.47. The minimum absolute atomic E-state index is 0.598. The third-order valence-corrected chi connectivity index (χ3v) is 3.65. The molecule has 4 aromatic rings. The predicted molar refractivity (Wildman–Crippen MR) is 99.0 cm³/mol. The fourth-order valence-electron chi connectivity index (χ4n) is 2.48. The molecule has 0 unspecified atom stereocenters. The van der Waals surface area contributed by atoms with Crippen LogP contribution in [0.25, 0.3) is 28.3 Å². The number of oxazole rings is 2. The van der Waals surface area contributed by atoms with Crippen LogP contribution in [0.1, 0.15) is 11.8 Å². The van der Waals surface area contributed by atoms with Crippen molar-refractivity contribution >= 4 is 28.3 Å². The van der Waals surface area contributed by atoms with Crippen molar-refractivity contribution in [2.45, 2.75) is 6.42 Å². The zero-order valence-corrected chi connectivity index (χ0v) is 13.5. The second kappa shape index (κ2) is 7.01. The van der Waals surface area contributed by atoms with E-state index in [0.29, 0.717) is 18.2 Å².